The Hall–Kier alpha value is -1.36. The molecule has 1 aliphatic rings. The van der Waals surface area contributed by atoms with Crippen LogP contribution >= 0.6 is 0 Å². The van der Waals surface area contributed by atoms with Gasteiger partial charge in [0.25, 0.3) is 0 Å². The van der Waals surface area contributed by atoms with Gasteiger partial charge in [0.2, 0.25) is 5.95 Å². The summed E-state index contributed by atoms with van der Waals surface area (Å²) < 4.78 is 0. The normalized spacial score (nSPS) is 21.6. The van der Waals surface area contributed by atoms with Crippen molar-refractivity contribution in [2.45, 2.75) is 33.7 Å². The molecular weight excluding hydrogens is 202 g/mol. The second-order valence-corrected chi connectivity index (χ2v) is 5.43. The van der Waals surface area contributed by atoms with Crippen molar-refractivity contribution in [1.29, 1.82) is 0 Å². The van der Waals surface area contributed by atoms with E-state index in [0.29, 0.717) is 12.0 Å². The maximum Gasteiger partial charge on any atom is 0.239 e. The van der Waals surface area contributed by atoms with Crippen LogP contribution in [-0.2, 0) is 0 Å². The van der Waals surface area contributed by atoms with Crippen molar-refractivity contribution in [1.82, 2.24) is 9.97 Å². The summed E-state index contributed by atoms with van der Waals surface area (Å²) in [6.07, 6.45) is 1.69. The van der Waals surface area contributed by atoms with Gasteiger partial charge < -0.3 is 5.32 Å². The SMILES string of the molecule is CC1(C)C(Nc2ccnc(NN)n2)C1(C)C. The lowest BCUT2D eigenvalue weighted by molar-refractivity contribution is 0.457. The number of hydrogen-bond donors (Lipinski definition) is 3. The van der Waals surface area contributed by atoms with Crippen LogP contribution in [0.3, 0.4) is 0 Å². The summed E-state index contributed by atoms with van der Waals surface area (Å²) in [4.78, 5) is 8.22. The molecule has 1 aliphatic carbocycles. The first kappa shape index (κ1) is 11.1. The standard InChI is InChI=1S/C11H19N5/c1-10(2)8(11(10,3)4)14-7-5-6-13-9(15-7)16-12/h5-6,8H,12H2,1-4H3,(H2,13,14,15,16). The molecule has 5 nitrogen and oxygen atoms in total. The Morgan fingerprint density at radius 1 is 1.25 bits per heavy atom. The molecule has 4 N–H and O–H groups in total. The van der Waals surface area contributed by atoms with E-state index in [1.807, 2.05) is 6.07 Å². The molecule has 0 aromatic carbocycles. The van der Waals surface area contributed by atoms with E-state index in [1.54, 1.807) is 6.20 Å². The smallest absolute Gasteiger partial charge is 0.239 e. The monoisotopic (exact) mass is 221 g/mol. The number of nitrogens with zero attached hydrogens (tertiary/aromatic N) is 2. The first-order chi connectivity index (χ1) is 7.39. The number of hydrazine groups is 1. The van der Waals surface area contributed by atoms with Gasteiger partial charge in [0, 0.05) is 12.2 Å². The molecule has 0 radical (unpaired) electrons. The molecule has 1 aromatic heterocycles. The number of nitrogens with two attached hydrogens (primary N) is 1. The highest BCUT2D eigenvalue weighted by atomic mass is 15.3. The molecule has 0 spiro atoms. The van der Waals surface area contributed by atoms with E-state index in [0.717, 1.165) is 5.82 Å². The van der Waals surface area contributed by atoms with E-state index in [1.165, 1.54) is 0 Å². The number of rotatable bonds is 3. The molecule has 0 atom stereocenters. The van der Waals surface area contributed by atoms with Crippen molar-refractivity contribution in [3.05, 3.63) is 12.3 Å². The highest BCUT2D eigenvalue weighted by Crippen LogP contribution is 2.63. The summed E-state index contributed by atoms with van der Waals surface area (Å²) >= 11 is 0. The van der Waals surface area contributed by atoms with E-state index >= 15 is 0 Å². The number of hydrogen-bond acceptors (Lipinski definition) is 5. The van der Waals surface area contributed by atoms with Gasteiger partial charge in [0.1, 0.15) is 5.82 Å². The fourth-order valence-electron chi connectivity index (χ4n) is 2.21. The van der Waals surface area contributed by atoms with Gasteiger partial charge in [-0.3, -0.25) is 5.43 Å². The third-order valence-electron chi connectivity index (χ3n) is 4.10. The van der Waals surface area contributed by atoms with Crippen molar-refractivity contribution >= 4 is 11.8 Å². The average molecular weight is 221 g/mol. The fraction of sp³-hybridized carbons (Fsp3) is 0.636. The molecule has 0 unspecified atom stereocenters. The van der Waals surface area contributed by atoms with Gasteiger partial charge in [-0.15, -0.1) is 0 Å². The highest BCUT2D eigenvalue weighted by Gasteiger charge is 2.65. The molecule has 0 bridgehead atoms. The predicted molar refractivity (Wildman–Crippen MR) is 64.8 cm³/mol. The molecule has 1 heterocycles. The third-order valence-corrected chi connectivity index (χ3v) is 4.10. The van der Waals surface area contributed by atoms with Crippen molar-refractivity contribution in [3.63, 3.8) is 0 Å². The van der Waals surface area contributed by atoms with Crippen LogP contribution in [0.5, 0.6) is 0 Å². The fourth-order valence-corrected chi connectivity index (χ4v) is 2.21. The van der Waals surface area contributed by atoms with Crippen molar-refractivity contribution in [2.75, 3.05) is 10.7 Å². The zero-order chi connectivity index (χ0) is 12.0. The lowest BCUT2D eigenvalue weighted by Crippen LogP contribution is -2.14. The van der Waals surface area contributed by atoms with Crippen molar-refractivity contribution in [3.8, 4) is 0 Å². The Bertz CT molecular complexity index is 385. The first-order valence-corrected chi connectivity index (χ1v) is 5.46. The van der Waals surface area contributed by atoms with Gasteiger partial charge in [-0.1, -0.05) is 27.7 Å². The minimum Gasteiger partial charge on any atom is -0.366 e. The second-order valence-electron chi connectivity index (χ2n) is 5.43. The van der Waals surface area contributed by atoms with Crippen LogP contribution in [0.2, 0.25) is 0 Å². The Morgan fingerprint density at radius 2 is 1.88 bits per heavy atom. The molecule has 88 valence electrons. The van der Waals surface area contributed by atoms with Gasteiger partial charge in [0.05, 0.1) is 0 Å². The first-order valence-electron chi connectivity index (χ1n) is 5.46. The summed E-state index contributed by atoms with van der Waals surface area (Å²) in [6, 6.07) is 2.28. The Labute approximate surface area is 95.8 Å². The third kappa shape index (κ3) is 1.51. The zero-order valence-electron chi connectivity index (χ0n) is 10.2. The number of nitrogens with one attached hydrogen (secondary N) is 2. The number of anilines is 2. The largest absolute Gasteiger partial charge is 0.366 e. The van der Waals surface area contributed by atoms with E-state index < -0.39 is 0 Å². The van der Waals surface area contributed by atoms with Gasteiger partial charge in [-0.25, -0.2) is 10.8 Å². The van der Waals surface area contributed by atoms with Crippen LogP contribution in [0, 0.1) is 10.8 Å². The molecule has 1 aromatic rings. The van der Waals surface area contributed by atoms with Crippen LogP contribution in [-0.4, -0.2) is 16.0 Å². The Balaban J connectivity index is 2.12. The Morgan fingerprint density at radius 3 is 2.38 bits per heavy atom. The summed E-state index contributed by atoms with van der Waals surface area (Å²) in [5, 5.41) is 3.42. The summed E-state index contributed by atoms with van der Waals surface area (Å²) in [7, 11) is 0. The lowest BCUT2D eigenvalue weighted by atomic mass is 10.0. The summed E-state index contributed by atoms with van der Waals surface area (Å²) in [6.45, 7) is 9.03. The van der Waals surface area contributed by atoms with Crippen LogP contribution in [0.4, 0.5) is 11.8 Å². The number of nitrogen functional groups attached to an aromatic ring is 1. The summed E-state index contributed by atoms with van der Waals surface area (Å²) in [5.41, 5.74) is 3.01. The van der Waals surface area contributed by atoms with Gasteiger partial charge >= 0.3 is 0 Å². The molecule has 1 saturated carbocycles. The predicted octanol–water partition coefficient (Wildman–Crippen LogP) is 1.61. The quantitative estimate of drug-likeness (QED) is 0.534. The molecule has 1 fully saturated rings. The topological polar surface area (TPSA) is 75.9 Å². The molecule has 0 saturated heterocycles. The second kappa shape index (κ2) is 3.31. The van der Waals surface area contributed by atoms with Crippen LogP contribution in [0.1, 0.15) is 27.7 Å². The van der Waals surface area contributed by atoms with E-state index in [4.69, 9.17) is 5.84 Å². The van der Waals surface area contributed by atoms with E-state index in [2.05, 4.69) is 48.4 Å². The minimum atomic E-state index is 0.286. The van der Waals surface area contributed by atoms with Crippen molar-refractivity contribution in [2.24, 2.45) is 16.7 Å². The molecule has 5 heteroatoms. The van der Waals surface area contributed by atoms with Gasteiger partial charge in [0.15, 0.2) is 0 Å². The molecule has 0 aliphatic heterocycles. The molecule has 0 amide bonds. The lowest BCUT2D eigenvalue weighted by Gasteiger charge is -2.07. The van der Waals surface area contributed by atoms with E-state index in [9.17, 15) is 0 Å². The van der Waals surface area contributed by atoms with E-state index in [-0.39, 0.29) is 10.8 Å². The zero-order valence-corrected chi connectivity index (χ0v) is 10.2. The van der Waals surface area contributed by atoms with Gasteiger partial charge in [-0.2, -0.15) is 4.98 Å². The van der Waals surface area contributed by atoms with Gasteiger partial charge in [-0.05, 0) is 16.9 Å². The summed E-state index contributed by atoms with van der Waals surface area (Å²) in [5.74, 6) is 6.51. The molecule has 2 rings (SSSR count). The Kier molecular flexibility index (Phi) is 2.31. The number of aromatic nitrogens is 2. The average Bonchev–Trinajstić information content (AvgIpc) is 2.61. The molecule has 16 heavy (non-hydrogen) atoms. The van der Waals surface area contributed by atoms with Crippen LogP contribution in [0.15, 0.2) is 12.3 Å². The maximum absolute atomic E-state index is 5.27. The van der Waals surface area contributed by atoms with Crippen molar-refractivity contribution < 1.29 is 0 Å². The van der Waals surface area contributed by atoms with Crippen LogP contribution in [0.25, 0.3) is 0 Å². The maximum atomic E-state index is 5.27. The minimum absolute atomic E-state index is 0.286. The molecular formula is C11H19N5. The van der Waals surface area contributed by atoms with Crippen LogP contribution < -0.4 is 16.6 Å². The highest BCUT2D eigenvalue weighted by molar-refractivity contribution is 5.44.